The summed E-state index contributed by atoms with van der Waals surface area (Å²) in [5.41, 5.74) is 0. The van der Waals surface area contributed by atoms with Crippen LogP contribution in [-0.4, -0.2) is 11.2 Å². The fourth-order valence-electron chi connectivity index (χ4n) is 1.50. The largest absolute Gasteiger partial charge is 0.393 e. The molecule has 0 aromatic heterocycles. The summed E-state index contributed by atoms with van der Waals surface area (Å²) in [6.45, 7) is 11.0. The number of rotatable bonds is 6. The highest BCUT2D eigenvalue weighted by atomic mass is 16.3. The van der Waals surface area contributed by atoms with Gasteiger partial charge in [0.2, 0.25) is 0 Å². The Balaban J connectivity index is 3.62. The first-order valence-electron chi connectivity index (χ1n) is 5.61. The van der Waals surface area contributed by atoms with Crippen molar-refractivity contribution in [1.82, 2.24) is 0 Å². The highest BCUT2D eigenvalue weighted by Crippen LogP contribution is 2.19. The van der Waals surface area contributed by atoms with Crippen LogP contribution in [0.1, 0.15) is 53.9 Å². The minimum Gasteiger partial charge on any atom is -0.393 e. The molecule has 1 heteroatoms. The van der Waals surface area contributed by atoms with E-state index in [0.717, 1.165) is 18.8 Å². The van der Waals surface area contributed by atoms with Crippen LogP contribution >= 0.6 is 0 Å². The standard InChI is InChI=1S/C12H26O/c1-9(2)6-7-11(5)12(13)8-10(3)4/h9-13H,6-8H2,1-5H3. The van der Waals surface area contributed by atoms with Crippen LogP contribution in [0, 0.1) is 17.8 Å². The van der Waals surface area contributed by atoms with Crippen molar-refractivity contribution in [2.75, 3.05) is 0 Å². The van der Waals surface area contributed by atoms with Crippen molar-refractivity contribution in [2.24, 2.45) is 17.8 Å². The fraction of sp³-hybridized carbons (Fsp3) is 1.00. The lowest BCUT2D eigenvalue weighted by molar-refractivity contribution is 0.0877. The maximum Gasteiger partial charge on any atom is 0.0568 e. The minimum atomic E-state index is -0.0984. The Morgan fingerprint density at radius 2 is 1.38 bits per heavy atom. The van der Waals surface area contributed by atoms with Gasteiger partial charge in [0.1, 0.15) is 0 Å². The molecule has 1 nitrogen and oxygen atoms in total. The van der Waals surface area contributed by atoms with Crippen LogP contribution in [0.15, 0.2) is 0 Å². The van der Waals surface area contributed by atoms with E-state index in [1.54, 1.807) is 0 Å². The SMILES string of the molecule is CC(C)CCC(C)C(O)CC(C)C. The molecule has 2 atom stereocenters. The smallest absolute Gasteiger partial charge is 0.0568 e. The molecule has 0 aromatic carbocycles. The van der Waals surface area contributed by atoms with E-state index < -0.39 is 0 Å². The van der Waals surface area contributed by atoms with Crippen LogP contribution in [-0.2, 0) is 0 Å². The molecule has 1 N–H and O–H groups in total. The fourth-order valence-corrected chi connectivity index (χ4v) is 1.50. The molecule has 0 radical (unpaired) electrons. The number of aliphatic hydroxyl groups is 1. The van der Waals surface area contributed by atoms with Crippen molar-refractivity contribution in [3.8, 4) is 0 Å². The first kappa shape index (κ1) is 13.0. The summed E-state index contributed by atoms with van der Waals surface area (Å²) in [6.07, 6.45) is 3.24. The molecule has 0 heterocycles. The normalized spacial score (nSPS) is 16.6. The van der Waals surface area contributed by atoms with Gasteiger partial charge in [0.15, 0.2) is 0 Å². The quantitative estimate of drug-likeness (QED) is 0.673. The van der Waals surface area contributed by atoms with E-state index in [4.69, 9.17) is 0 Å². The van der Waals surface area contributed by atoms with Gasteiger partial charge in [0.05, 0.1) is 6.10 Å². The molecule has 0 aliphatic heterocycles. The first-order chi connectivity index (χ1) is 5.93. The molecule has 0 amide bonds. The highest BCUT2D eigenvalue weighted by Gasteiger charge is 2.15. The lowest BCUT2D eigenvalue weighted by Gasteiger charge is -2.21. The van der Waals surface area contributed by atoms with E-state index in [-0.39, 0.29) is 6.10 Å². The zero-order chi connectivity index (χ0) is 10.4. The Hall–Kier alpha value is -0.0400. The Bertz CT molecular complexity index is 118. The summed E-state index contributed by atoms with van der Waals surface area (Å²) < 4.78 is 0. The van der Waals surface area contributed by atoms with Gasteiger partial charge in [-0.3, -0.25) is 0 Å². The molecular weight excluding hydrogens is 160 g/mol. The van der Waals surface area contributed by atoms with Gasteiger partial charge >= 0.3 is 0 Å². The van der Waals surface area contributed by atoms with Gasteiger partial charge in [-0.05, 0) is 30.6 Å². The van der Waals surface area contributed by atoms with Gasteiger partial charge in [-0.25, -0.2) is 0 Å². The summed E-state index contributed by atoms with van der Waals surface area (Å²) in [5.74, 6) is 1.83. The van der Waals surface area contributed by atoms with Crippen LogP contribution in [0.4, 0.5) is 0 Å². The molecule has 2 unspecified atom stereocenters. The second kappa shape index (κ2) is 6.42. The van der Waals surface area contributed by atoms with Crippen molar-refractivity contribution >= 4 is 0 Å². The molecule has 0 rings (SSSR count). The predicted molar refractivity (Wildman–Crippen MR) is 58.7 cm³/mol. The zero-order valence-electron chi connectivity index (χ0n) is 9.88. The lowest BCUT2D eigenvalue weighted by Crippen LogP contribution is -2.20. The third kappa shape index (κ3) is 7.06. The molecule has 80 valence electrons. The highest BCUT2D eigenvalue weighted by molar-refractivity contribution is 4.66. The van der Waals surface area contributed by atoms with Gasteiger partial charge in [0, 0.05) is 0 Å². The van der Waals surface area contributed by atoms with E-state index in [2.05, 4.69) is 34.6 Å². The molecule has 0 aliphatic rings. The van der Waals surface area contributed by atoms with Gasteiger partial charge in [-0.1, -0.05) is 41.0 Å². The summed E-state index contributed by atoms with van der Waals surface area (Å²) in [7, 11) is 0. The second-order valence-corrected chi connectivity index (χ2v) is 5.15. The van der Waals surface area contributed by atoms with Crippen molar-refractivity contribution in [3.05, 3.63) is 0 Å². The van der Waals surface area contributed by atoms with Crippen molar-refractivity contribution in [2.45, 2.75) is 60.0 Å². The van der Waals surface area contributed by atoms with Crippen LogP contribution in [0.2, 0.25) is 0 Å². The number of aliphatic hydroxyl groups excluding tert-OH is 1. The molecule has 0 aromatic rings. The average Bonchev–Trinajstić information content (AvgIpc) is 1.98. The molecule has 0 aliphatic carbocycles. The van der Waals surface area contributed by atoms with Crippen molar-refractivity contribution in [1.29, 1.82) is 0 Å². The Kier molecular flexibility index (Phi) is 6.40. The average molecular weight is 186 g/mol. The van der Waals surface area contributed by atoms with Crippen LogP contribution in [0.25, 0.3) is 0 Å². The van der Waals surface area contributed by atoms with Gasteiger partial charge in [-0.15, -0.1) is 0 Å². The van der Waals surface area contributed by atoms with Crippen LogP contribution in [0.5, 0.6) is 0 Å². The van der Waals surface area contributed by atoms with E-state index >= 15 is 0 Å². The third-order valence-electron chi connectivity index (χ3n) is 2.57. The first-order valence-corrected chi connectivity index (χ1v) is 5.61. The maximum absolute atomic E-state index is 9.80. The summed E-state index contributed by atoms with van der Waals surface area (Å²) in [4.78, 5) is 0. The van der Waals surface area contributed by atoms with Crippen LogP contribution < -0.4 is 0 Å². The monoisotopic (exact) mass is 186 g/mol. The summed E-state index contributed by atoms with van der Waals surface area (Å²) in [6, 6.07) is 0. The van der Waals surface area contributed by atoms with E-state index in [1.807, 2.05) is 0 Å². The Morgan fingerprint density at radius 1 is 0.846 bits per heavy atom. The van der Waals surface area contributed by atoms with Gasteiger partial charge in [0.25, 0.3) is 0 Å². The minimum absolute atomic E-state index is 0.0984. The van der Waals surface area contributed by atoms with E-state index in [9.17, 15) is 5.11 Å². The molecule has 0 fully saturated rings. The topological polar surface area (TPSA) is 20.2 Å². The predicted octanol–water partition coefficient (Wildman–Crippen LogP) is 3.47. The van der Waals surface area contributed by atoms with Gasteiger partial charge in [-0.2, -0.15) is 0 Å². The molecule has 0 bridgehead atoms. The Morgan fingerprint density at radius 3 is 1.77 bits per heavy atom. The Labute approximate surface area is 83.5 Å². The van der Waals surface area contributed by atoms with Crippen molar-refractivity contribution < 1.29 is 5.11 Å². The summed E-state index contributed by atoms with van der Waals surface area (Å²) in [5, 5.41) is 9.80. The van der Waals surface area contributed by atoms with Crippen molar-refractivity contribution in [3.63, 3.8) is 0 Å². The van der Waals surface area contributed by atoms with Gasteiger partial charge < -0.3 is 5.11 Å². The van der Waals surface area contributed by atoms with E-state index in [1.165, 1.54) is 6.42 Å². The molecule has 0 saturated heterocycles. The zero-order valence-corrected chi connectivity index (χ0v) is 9.88. The van der Waals surface area contributed by atoms with Crippen LogP contribution in [0.3, 0.4) is 0 Å². The third-order valence-corrected chi connectivity index (χ3v) is 2.57. The maximum atomic E-state index is 9.80. The molecular formula is C12H26O. The lowest BCUT2D eigenvalue weighted by atomic mass is 9.90. The number of hydrogen-bond donors (Lipinski definition) is 1. The second-order valence-electron chi connectivity index (χ2n) is 5.15. The molecule has 0 spiro atoms. The molecule has 0 saturated carbocycles. The molecule has 13 heavy (non-hydrogen) atoms. The summed E-state index contributed by atoms with van der Waals surface area (Å²) >= 11 is 0. The number of hydrogen-bond acceptors (Lipinski definition) is 1. The van der Waals surface area contributed by atoms with E-state index in [0.29, 0.717) is 11.8 Å².